The van der Waals surface area contributed by atoms with Gasteiger partial charge in [0.1, 0.15) is 24.4 Å². The third-order valence-corrected chi connectivity index (χ3v) is 9.10. The number of rotatable bonds is 4. The van der Waals surface area contributed by atoms with E-state index in [9.17, 15) is 19.2 Å². The smallest absolute Gasteiger partial charge is 0.255 e. The van der Waals surface area contributed by atoms with E-state index in [0.717, 1.165) is 12.3 Å². The number of carbonyl (C=O) groups is 4. The third-order valence-electron chi connectivity index (χ3n) is 9.10. The molecule has 0 saturated heterocycles. The highest BCUT2D eigenvalue weighted by atomic mass is 16.5. The fourth-order valence-electron chi connectivity index (χ4n) is 6.49. The van der Waals surface area contributed by atoms with Crippen molar-refractivity contribution in [2.45, 2.75) is 84.8 Å². The summed E-state index contributed by atoms with van der Waals surface area (Å²) >= 11 is 0. The Kier molecular flexibility index (Phi) is 8.86. The van der Waals surface area contributed by atoms with Gasteiger partial charge in [-0.3, -0.25) is 19.2 Å². The molecule has 0 spiro atoms. The van der Waals surface area contributed by atoms with Crippen LogP contribution in [0.1, 0.15) is 77.1 Å². The number of hydrogen-bond acceptors (Lipinski definition) is 5. The minimum atomic E-state index is -0.905. The molecule has 6 atom stereocenters. The number of ether oxygens (including phenoxy) is 1. The van der Waals surface area contributed by atoms with E-state index >= 15 is 0 Å². The standard InChI is InChI=1S/C30H44N4O5/c1-17(2)26-29(38)32-18(3)16-39-24-9-7-6-8-21(24)27(36)33-23(12-13-25(35)34-26)28(37)31-15-19-10-11-20-14-22(19)30(20,4)5/h6-9,17-20,22-23,26H,10-16H2,1-5H3,(H,31,37)(H,32,38)(H,33,36)(H,34,35)/t18-,19-,20?,22?,23-,26+/m0/s1. The van der Waals surface area contributed by atoms with Crippen molar-refractivity contribution in [3.8, 4) is 5.75 Å². The van der Waals surface area contributed by atoms with Gasteiger partial charge in [-0.2, -0.15) is 0 Å². The molecule has 3 saturated carbocycles. The second-order valence-electron chi connectivity index (χ2n) is 12.5. The molecule has 214 valence electrons. The van der Waals surface area contributed by atoms with Gasteiger partial charge in [0.2, 0.25) is 17.7 Å². The maximum Gasteiger partial charge on any atom is 0.255 e. The lowest BCUT2D eigenvalue weighted by Gasteiger charge is -2.60. The first kappa shape index (κ1) is 28.9. The molecule has 4 amide bonds. The summed E-state index contributed by atoms with van der Waals surface area (Å²) in [5.41, 5.74) is 0.603. The Hall–Kier alpha value is -3.10. The SMILES string of the molecule is CC(C)[C@H]1NC(=O)CC[C@@H](C(=O)NC[C@@H]2CCC3CC2C3(C)C)NC(=O)c2ccccc2OC[C@H](C)NC1=O. The number of hydrogen-bond donors (Lipinski definition) is 4. The maximum absolute atomic E-state index is 13.4. The number of carbonyl (C=O) groups excluding carboxylic acids is 4. The molecular formula is C30H44N4O5. The first-order chi connectivity index (χ1) is 18.5. The van der Waals surface area contributed by atoms with Crippen molar-refractivity contribution in [3.05, 3.63) is 29.8 Å². The van der Waals surface area contributed by atoms with Gasteiger partial charge in [0.15, 0.2) is 0 Å². The lowest BCUT2D eigenvalue weighted by atomic mass is 9.45. The van der Waals surface area contributed by atoms with E-state index in [1.165, 1.54) is 12.8 Å². The lowest BCUT2D eigenvalue weighted by Crippen LogP contribution is -2.56. The van der Waals surface area contributed by atoms with Gasteiger partial charge in [0, 0.05) is 13.0 Å². The predicted molar refractivity (Wildman–Crippen MR) is 148 cm³/mol. The summed E-state index contributed by atoms with van der Waals surface area (Å²) in [6, 6.07) is 4.84. The van der Waals surface area contributed by atoms with Crippen molar-refractivity contribution in [1.82, 2.24) is 21.3 Å². The summed E-state index contributed by atoms with van der Waals surface area (Å²) in [6.07, 6.45) is 3.60. The first-order valence-electron chi connectivity index (χ1n) is 14.4. The number of para-hydroxylation sites is 1. The Morgan fingerprint density at radius 1 is 1.08 bits per heavy atom. The van der Waals surface area contributed by atoms with Crippen molar-refractivity contribution in [1.29, 1.82) is 0 Å². The molecule has 3 fully saturated rings. The topological polar surface area (TPSA) is 126 Å². The van der Waals surface area contributed by atoms with Crippen LogP contribution in [0.25, 0.3) is 0 Å². The van der Waals surface area contributed by atoms with Crippen molar-refractivity contribution in [2.75, 3.05) is 13.2 Å². The van der Waals surface area contributed by atoms with E-state index in [-0.39, 0.29) is 49.1 Å². The number of benzene rings is 1. The van der Waals surface area contributed by atoms with Crippen LogP contribution in [0.15, 0.2) is 24.3 Å². The van der Waals surface area contributed by atoms with Crippen molar-refractivity contribution >= 4 is 23.6 Å². The van der Waals surface area contributed by atoms with Gasteiger partial charge in [0.05, 0.1) is 11.6 Å². The molecule has 1 heterocycles. The summed E-state index contributed by atoms with van der Waals surface area (Å²) in [5, 5.41) is 11.6. The Balaban J connectivity index is 1.51. The van der Waals surface area contributed by atoms with Crippen LogP contribution in [0, 0.1) is 29.1 Å². The molecule has 4 aliphatic rings. The summed E-state index contributed by atoms with van der Waals surface area (Å²) in [6.45, 7) is 10.9. The van der Waals surface area contributed by atoms with Crippen LogP contribution in [0.3, 0.4) is 0 Å². The van der Waals surface area contributed by atoms with E-state index in [2.05, 4.69) is 35.1 Å². The molecule has 1 aromatic carbocycles. The van der Waals surface area contributed by atoms with Gasteiger partial charge < -0.3 is 26.0 Å². The molecule has 2 unspecified atom stereocenters. The molecule has 3 aliphatic carbocycles. The number of fused-ring (bicyclic) bond motifs is 3. The van der Waals surface area contributed by atoms with E-state index in [1.807, 2.05) is 13.8 Å². The number of amides is 4. The van der Waals surface area contributed by atoms with Gasteiger partial charge in [0.25, 0.3) is 5.91 Å². The van der Waals surface area contributed by atoms with Crippen LogP contribution in [-0.4, -0.2) is 54.9 Å². The fourth-order valence-corrected chi connectivity index (χ4v) is 6.49. The van der Waals surface area contributed by atoms with E-state index in [4.69, 9.17) is 4.74 Å². The first-order valence-corrected chi connectivity index (χ1v) is 14.4. The van der Waals surface area contributed by atoms with Gasteiger partial charge >= 0.3 is 0 Å². The summed E-state index contributed by atoms with van der Waals surface area (Å²) in [5.74, 6) is 0.625. The molecule has 9 nitrogen and oxygen atoms in total. The van der Waals surface area contributed by atoms with Gasteiger partial charge in [-0.15, -0.1) is 0 Å². The fraction of sp³-hybridized carbons (Fsp3) is 0.667. The molecule has 2 bridgehead atoms. The molecular weight excluding hydrogens is 496 g/mol. The quantitative estimate of drug-likeness (QED) is 0.467. The van der Waals surface area contributed by atoms with Crippen LogP contribution in [0.5, 0.6) is 5.75 Å². The van der Waals surface area contributed by atoms with Gasteiger partial charge in [-0.25, -0.2) is 0 Å². The van der Waals surface area contributed by atoms with Crippen molar-refractivity contribution in [2.24, 2.45) is 29.1 Å². The highest BCUT2D eigenvalue weighted by Gasteiger charge is 2.54. The van der Waals surface area contributed by atoms with E-state index in [0.29, 0.717) is 35.1 Å². The Labute approximate surface area is 231 Å². The molecule has 4 N–H and O–H groups in total. The summed E-state index contributed by atoms with van der Waals surface area (Å²) < 4.78 is 5.91. The Morgan fingerprint density at radius 3 is 2.51 bits per heavy atom. The molecule has 9 heteroatoms. The largest absolute Gasteiger partial charge is 0.491 e. The monoisotopic (exact) mass is 540 g/mol. The Morgan fingerprint density at radius 2 is 1.82 bits per heavy atom. The molecule has 39 heavy (non-hydrogen) atoms. The van der Waals surface area contributed by atoms with Crippen LogP contribution < -0.4 is 26.0 Å². The summed E-state index contributed by atoms with van der Waals surface area (Å²) in [4.78, 5) is 52.5. The average Bonchev–Trinajstić information content (AvgIpc) is 2.90. The molecule has 1 aromatic rings. The predicted octanol–water partition coefficient (Wildman–Crippen LogP) is 2.79. The second-order valence-corrected chi connectivity index (χ2v) is 12.5. The zero-order valence-corrected chi connectivity index (χ0v) is 23.8. The van der Waals surface area contributed by atoms with Gasteiger partial charge in [-0.05, 0) is 73.8 Å². The lowest BCUT2D eigenvalue weighted by molar-refractivity contribution is -0.131. The number of nitrogens with one attached hydrogen (secondary N) is 4. The third kappa shape index (κ3) is 6.56. The zero-order valence-electron chi connectivity index (χ0n) is 23.8. The molecule has 1 aliphatic heterocycles. The molecule has 0 radical (unpaired) electrons. The van der Waals surface area contributed by atoms with Crippen molar-refractivity contribution < 1.29 is 23.9 Å². The maximum atomic E-state index is 13.4. The molecule has 0 aromatic heterocycles. The van der Waals surface area contributed by atoms with Gasteiger partial charge in [-0.1, -0.05) is 39.8 Å². The van der Waals surface area contributed by atoms with E-state index < -0.39 is 18.0 Å². The zero-order chi connectivity index (χ0) is 28.3. The second kappa shape index (κ2) is 12.0. The summed E-state index contributed by atoms with van der Waals surface area (Å²) in [7, 11) is 0. The normalized spacial score (nSPS) is 31.2. The molecule has 5 rings (SSSR count). The van der Waals surface area contributed by atoms with E-state index in [1.54, 1.807) is 31.2 Å². The highest BCUT2D eigenvalue weighted by molar-refractivity contribution is 5.99. The minimum absolute atomic E-state index is 0.0106. The van der Waals surface area contributed by atoms with Crippen LogP contribution in [0.2, 0.25) is 0 Å². The highest BCUT2D eigenvalue weighted by Crippen LogP contribution is 2.61. The minimum Gasteiger partial charge on any atom is -0.491 e. The van der Waals surface area contributed by atoms with Crippen molar-refractivity contribution in [3.63, 3.8) is 0 Å². The van der Waals surface area contributed by atoms with Crippen LogP contribution in [-0.2, 0) is 14.4 Å². The average molecular weight is 541 g/mol. The Bertz CT molecular complexity index is 1080. The van der Waals surface area contributed by atoms with Crippen LogP contribution >= 0.6 is 0 Å². The van der Waals surface area contributed by atoms with Crippen LogP contribution in [0.4, 0.5) is 0 Å².